The molecule has 0 unspecified atom stereocenters. The molecular formula is C26H44N2. The minimum atomic E-state index is 0.917. The van der Waals surface area contributed by atoms with Crippen molar-refractivity contribution in [3.05, 3.63) is 23.8 Å². The van der Waals surface area contributed by atoms with Crippen molar-refractivity contribution in [2.24, 2.45) is 23.7 Å². The Labute approximate surface area is 174 Å². The van der Waals surface area contributed by atoms with E-state index in [1.165, 1.54) is 95.5 Å². The number of aromatic nitrogens is 2. The fraction of sp³-hybridized carbons (Fsp3) is 0.846. The lowest BCUT2D eigenvalue weighted by Crippen LogP contribution is -2.26. The zero-order chi connectivity index (χ0) is 19.6. The van der Waals surface area contributed by atoms with Crippen LogP contribution in [0, 0.1) is 23.7 Å². The summed E-state index contributed by atoms with van der Waals surface area (Å²) in [5.74, 6) is 5.13. The summed E-state index contributed by atoms with van der Waals surface area (Å²) < 4.78 is 0. The first-order chi connectivity index (χ1) is 13.8. The fourth-order valence-corrected chi connectivity index (χ4v) is 5.74. The van der Waals surface area contributed by atoms with Crippen LogP contribution in [0.4, 0.5) is 0 Å². The minimum absolute atomic E-state index is 0.917. The van der Waals surface area contributed by atoms with Crippen LogP contribution in [0.5, 0.6) is 0 Å². The maximum absolute atomic E-state index is 4.62. The Hall–Kier alpha value is -0.920. The molecule has 1 aromatic heterocycles. The van der Waals surface area contributed by atoms with Crippen molar-refractivity contribution in [2.75, 3.05) is 0 Å². The predicted octanol–water partition coefficient (Wildman–Crippen LogP) is 7.55. The number of nitrogens with zero attached hydrogens (tertiary/aromatic N) is 2. The molecule has 1 aromatic rings. The molecule has 2 aliphatic carbocycles. The fourth-order valence-electron chi connectivity index (χ4n) is 5.74. The van der Waals surface area contributed by atoms with Gasteiger partial charge in [-0.3, -0.25) is 0 Å². The molecule has 2 fully saturated rings. The van der Waals surface area contributed by atoms with Crippen LogP contribution in [0.2, 0.25) is 0 Å². The van der Waals surface area contributed by atoms with Gasteiger partial charge in [0.1, 0.15) is 5.82 Å². The van der Waals surface area contributed by atoms with E-state index in [1.54, 1.807) is 0 Å². The Bertz CT molecular complexity index is 522. The highest BCUT2D eigenvalue weighted by Gasteiger charge is 2.30. The number of hydrogen-bond acceptors (Lipinski definition) is 2. The Kier molecular flexibility index (Phi) is 9.28. The van der Waals surface area contributed by atoms with E-state index in [0.717, 1.165) is 42.3 Å². The lowest BCUT2D eigenvalue weighted by Gasteiger charge is -2.38. The Balaban J connectivity index is 1.32. The predicted molar refractivity (Wildman–Crippen MR) is 119 cm³/mol. The summed E-state index contributed by atoms with van der Waals surface area (Å²) >= 11 is 0. The third kappa shape index (κ3) is 6.85. The SMILES string of the molecule is CCCCc1cnc(CCC2CCC(C3CCC(CCCC)CC3)CC2)nc1. The van der Waals surface area contributed by atoms with Crippen LogP contribution in [0.1, 0.15) is 115 Å². The highest BCUT2D eigenvalue weighted by molar-refractivity contribution is 5.05. The molecule has 2 nitrogen and oxygen atoms in total. The first-order valence-electron chi connectivity index (χ1n) is 12.6. The normalized spacial score (nSPS) is 28.4. The second-order valence-corrected chi connectivity index (χ2v) is 9.85. The average molecular weight is 385 g/mol. The van der Waals surface area contributed by atoms with E-state index >= 15 is 0 Å². The molecule has 28 heavy (non-hydrogen) atoms. The topological polar surface area (TPSA) is 25.8 Å². The molecule has 0 aliphatic heterocycles. The molecular weight excluding hydrogens is 340 g/mol. The van der Waals surface area contributed by atoms with Crippen LogP contribution >= 0.6 is 0 Å². The third-order valence-corrected chi connectivity index (χ3v) is 7.77. The quantitative estimate of drug-likeness (QED) is 0.416. The van der Waals surface area contributed by atoms with Crippen LogP contribution in [0.25, 0.3) is 0 Å². The first kappa shape index (κ1) is 21.8. The van der Waals surface area contributed by atoms with Gasteiger partial charge in [-0.05, 0) is 74.2 Å². The lowest BCUT2D eigenvalue weighted by molar-refractivity contribution is 0.140. The maximum atomic E-state index is 4.62. The first-order valence-corrected chi connectivity index (χ1v) is 12.6. The van der Waals surface area contributed by atoms with E-state index in [2.05, 4.69) is 36.2 Å². The van der Waals surface area contributed by atoms with Crippen molar-refractivity contribution in [2.45, 2.75) is 117 Å². The molecule has 0 amide bonds. The molecule has 2 heteroatoms. The summed E-state index contributed by atoms with van der Waals surface area (Å²) in [7, 11) is 0. The van der Waals surface area contributed by atoms with Crippen LogP contribution < -0.4 is 0 Å². The number of unbranched alkanes of at least 4 members (excludes halogenated alkanes) is 2. The number of hydrogen-bond donors (Lipinski definition) is 0. The molecule has 0 N–H and O–H groups in total. The molecule has 0 atom stereocenters. The van der Waals surface area contributed by atoms with Gasteiger partial charge in [0.05, 0.1) is 0 Å². The summed E-state index contributed by atoms with van der Waals surface area (Å²) in [5.41, 5.74) is 1.30. The van der Waals surface area contributed by atoms with Gasteiger partial charge in [-0.15, -0.1) is 0 Å². The van der Waals surface area contributed by atoms with E-state index in [1.807, 2.05) is 0 Å². The van der Waals surface area contributed by atoms with E-state index in [9.17, 15) is 0 Å². The highest BCUT2D eigenvalue weighted by Crippen LogP contribution is 2.42. The van der Waals surface area contributed by atoms with E-state index in [-0.39, 0.29) is 0 Å². The van der Waals surface area contributed by atoms with Gasteiger partial charge in [0.15, 0.2) is 0 Å². The third-order valence-electron chi connectivity index (χ3n) is 7.77. The van der Waals surface area contributed by atoms with E-state index in [4.69, 9.17) is 0 Å². The van der Waals surface area contributed by atoms with Crippen molar-refractivity contribution in [3.8, 4) is 0 Å². The van der Waals surface area contributed by atoms with E-state index in [0.29, 0.717) is 0 Å². The molecule has 3 rings (SSSR count). The van der Waals surface area contributed by atoms with Crippen molar-refractivity contribution >= 4 is 0 Å². The Morgan fingerprint density at radius 3 is 1.75 bits per heavy atom. The molecule has 0 radical (unpaired) electrons. The second kappa shape index (κ2) is 11.9. The standard InChI is InChI=1S/C26H44N2/c1-3-5-7-21-9-14-24(15-10-21)25-16-11-22(12-17-25)13-18-26-27-19-23(20-28-26)8-6-4-2/h19-22,24-25H,3-18H2,1-2H3. The molecule has 2 aliphatic rings. The van der Waals surface area contributed by atoms with Gasteiger partial charge < -0.3 is 0 Å². The molecule has 0 spiro atoms. The van der Waals surface area contributed by atoms with Gasteiger partial charge in [0.2, 0.25) is 0 Å². The number of rotatable bonds is 10. The van der Waals surface area contributed by atoms with Crippen LogP contribution in [-0.2, 0) is 12.8 Å². The van der Waals surface area contributed by atoms with Gasteiger partial charge in [-0.1, -0.05) is 65.2 Å². The Morgan fingerprint density at radius 2 is 1.21 bits per heavy atom. The van der Waals surface area contributed by atoms with Crippen molar-refractivity contribution < 1.29 is 0 Å². The zero-order valence-electron chi connectivity index (χ0n) is 18.7. The van der Waals surface area contributed by atoms with Gasteiger partial charge in [0, 0.05) is 18.8 Å². The highest BCUT2D eigenvalue weighted by atomic mass is 14.9. The summed E-state index contributed by atoms with van der Waals surface area (Å²) in [6.07, 6.45) is 26.4. The summed E-state index contributed by atoms with van der Waals surface area (Å²) in [5, 5.41) is 0. The molecule has 0 aromatic carbocycles. The summed E-state index contributed by atoms with van der Waals surface area (Å²) in [4.78, 5) is 9.24. The van der Waals surface area contributed by atoms with Crippen molar-refractivity contribution in [1.82, 2.24) is 9.97 Å². The lowest BCUT2D eigenvalue weighted by atomic mass is 9.68. The summed E-state index contributed by atoms with van der Waals surface area (Å²) in [6.45, 7) is 4.57. The van der Waals surface area contributed by atoms with Crippen LogP contribution in [0.3, 0.4) is 0 Å². The Morgan fingerprint density at radius 1 is 0.679 bits per heavy atom. The van der Waals surface area contributed by atoms with Gasteiger partial charge in [0.25, 0.3) is 0 Å². The van der Waals surface area contributed by atoms with Gasteiger partial charge in [-0.2, -0.15) is 0 Å². The van der Waals surface area contributed by atoms with Gasteiger partial charge in [-0.25, -0.2) is 9.97 Å². The molecule has 1 heterocycles. The summed E-state index contributed by atoms with van der Waals surface area (Å²) in [6, 6.07) is 0. The number of aryl methyl sites for hydroxylation is 2. The average Bonchev–Trinajstić information content (AvgIpc) is 2.76. The van der Waals surface area contributed by atoms with Gasteiger partial charge >= 0.3 is 0 Å². The maximum Gasteiger partial charge on any atom is 0.128 e. The zero-order valence-corrected chi connectivity index (χ0v) is 18.7. The molecule has 2 saturated carbocycles. The largest absolute Gasteiger partial charge is 0.241 e. The van der Waals surface area contributed by atoms with Crippen LogP contribution in [-0.4, -0.2) is 9.97 Å². The van der Waals surface area contributed by atoms with E-state index < -0.39 is 0 Å². The smallest absolute Gasteiger partial charge is 0.128 e. The van der Waals surface area contributed by atoms with Crippen LogP contribution in [0.15, 0.2) is 12.4 Å². The van der Waals surface area contributed by atoms with Crippen molar-refractivity contribution in [1.29, 1.82) is 0 Å². The minimum Gasteiger partial charge on any atom is -0.241 e. The van der Waals surface area contributed by atoms with Crippen molar-refractivity contribution in [3.63, 3.8) is 0 Å². The molecule has 0 saturated heterocycles. The molecule has 0 bridgehead atoms. The second-order valence-electron chi connectivity index (χ2n) is 9.85. The molecule has 158 valence electrons. The monoisotopic (exact) mass is 384 g/mol.